The fraction of sp³-hybridized carbons (Fsp3) is 0.333. The summed E-state index contributed by atoms with van der Waals surface area (Å²) in [7, 11) is -3.41. The predicted octanol–water partition coefficient (Wildman–Crippen LogP) is 5.32. The van der Waals surface area contributed by atoms with Gasteiger partial charge in [0, 0.05) is 41.2 Å². The second-order valence-electron chi connectivity index (χ2n) is 10.4. The summed E-state index contributed by atoms with van der Waals surface area (Å²) in [5.74, 6) is 1.25. The zero-order valence-corrected chi connectivity index (χ0v) is 22.3. The summed E-state index contributed by atoms with van der Waals surface area (Å²) in [6, 6.07) is 24.0. The molecular weight excluding hydrogens is 496 g/mol. The zero-order valence-electron chi connectivity index (χ0n) is 21.5. The summed E-state index contributed by atoms with van der Waals surface area (Å²) < 4.78 is 30.9. The largest absolute Gasteiger partial charge is 0.488 e. The van der Waals surface area contributed by atoms with Crippen LogP contribution in [-0.2, 0) is 16.4 Å². The molecule has 2 aliphatic rings. The average Bonchev–Trinajstić information content (AvgIpc) is 3.78. The molecule has 0 spiro atoms. The maximum absolute atomic E-state index is 12.3. The molecule has 38 heavy (non-hydrogen) atoms. The number of nitrogens with zero attached hydrogens (tertiary/aromatic N) is 3. The van der Waals surface area contributed by atoms with E-state index in [0.717, 1.165) is 41.2 Å². The minimum absolute atomic E-state index is 0.206. The van der Waals surface area contributed by atoms with E-state index in [0.29, 0.717) is 29.7 Å². The molecule has 6 rings (SSSR count). The first-order chi connectivity index (χ1) is 18.5. The van der Waals surface area contributed by atoms with Crippen LogP contribution in [0.5, 0.6) is 5.75 Å². The summed E-state index contributed by atoms with van der Waals surface area (Å²) >= 11 is 0. The fourth-order valence-electron chi connectivity index (χ4n) is 5.28. The van der Waals surface area contributed by atoms with E-state index >= 15 is 0 Å². The van der Waals surface area contributed by atoms with Crippen molar-refractivity contribution in [1.82, 2.24) is 15.1 Å². The first kappa shape index (κ1) is 24.8. The maximum Gasteiger partial charge on any atom is 0.175 e. The highest BCUT2D eigenvalue weighted by atomic mass is 32.2. The van der Waals surface area contributed by atoms with Gasteiger partial charge in [0.1, 0.15) is 18.1 Å². The summed E-state index contributed by atoms with van der Waals surface area (Å²) in [5, 5.41) is 14.9. The van der Waals surface area contributed by atoms with Gasteiger partial charge in [0.25, 0.3) is 0 Å². The molecule has 2 fully saturated rings. The van der Waals surface area contributed by atoms with Gasteiger partial charge in [-0.1, -0.05) is 54.6 Å². The fourth-order valence-corrected chi connectivity index (χ4v) is 5.92. The van der Waals surface area contributed by atoms with Crippen molar-refractivity contribution in [1.29, 1.82) is 0 Å². The highest BCUT2D eigenvalue weighted by Gasteiger charge is 2.32. The quantitative estimate of drug-likeness (QED) is 0.331. The Labute approximate surface area is 223 Å². The van der Waals surface area contributed by atoms with Crippen molar-refractivity contribution in [3.8, 4) is 17.0 Å². The molecule has 0 unspecified atom stereocenters. The molecule has 1 aliphatic carbocycles. The minimum atomic E-state index is -3.41. The Morgan fingerprint density at radius 3 is 2.47 bits per heavy atom. The second kappa shape index (κ2) is 10.3. The van der Waals surface area contributed by atoms with Crippen molar-refractivity contribution in [3.05, 3.63) is 78.4 Å². The van der Waals surface area contributed by atoms with Gasteiger partial charge in [0.05, 0.1) is 4.90 Å². The van der Waals surface area contributed by atoms with E-state index in [4.69, 9.17) is 4.74 Å². The van der Waals surface area contributed by atoms with E-state index in [1.165, 1.54) is 32.1 Å². The molecular formula is C30H32N4O3S. The van der Waals surface area contributed by atoms with Crippen LogP contribution >= 0.6 is 0 Å². The van der Waals surface area contributed by atoms with Gasteiger partial charge in [0.15, 0.2) is 15.7 Å². The van der Waals surface area contributed by atoms with Crippen LogP contribution in [0.25, 0.3) is 22.0 Å². The number of hydrogen-bond donors (Lipinski definition) is 1. The minimum Gasteiger partial charge on any atom is -0.488 e. The second-order valence-corrected chi connectivity index (χ2v) is 12.4. The van der Waals surface area contributed by atoms with Crippen LogP contribution < -0.4 is 10.1 Å². The van der Waals surface area contributed by atoms with Gasteiger partial charge in [0.2, 0.25) is 0 Å². The Morgan fingerprint density at radius 2 is 1.71 bits per heavy atom. The van der Waals surface area contributed by atoms with Crippen LogP contribution in [0.15, 0.2) is 77.7 Å². The number of fused-ring (bicyclic) bond motifs is 1. The SMILES string of the molecule is CS(=O)(=O)c1ccc(-c2nnc(N[C@@H]3CCCN(C4CC4)C3)c3ccccc23)c(OCc2ccccc2)c1. The molecule has 1 N–H and O–H groups in total. The van der Waals surface area contributed by atoms with E-state index in [-0.39, 0.29) is 4.90 Å². The molecule has 0 radical (unpaired) electrons. The lowest BCUT2D eigenvalue weighted by atomic mass is 10.0. The maximum atomic E-state index is 12.3. The van der Waals surface area contributed by atoms with Crippen molar-refractivity contribution in [2.24, 2.45) is 0 Å². The molecule has 4 aromatic rings. The van der Waals surface area contributed by atoms with Crippen LogP contribution in [0.3, 0.4) is 0 Å². The first-order valence-electron chi connectivity index (χ1n) is 13.2. The van der Waals surface area contributed by atoms with Gasteiger partial charge in [-0.05, 0) is 56.0 Å². The summed E-state index contributed by atoms with van der Waals surface area (Å²) in [4.78, 5) is 2.81. The molecule has 1 saturated heterocycles. The number of ether oxygens (including phenoxy) is 1. The van der Waals surface area contributed by atoms with Gasteiger partial charge >= 0.3 is 0 Å². The Kier molecular flexibility index (Phi) is 6.76. The van der Waals surface area contributed by atoms with Crippen molar-refractivity contribution in [2.45, 2.75) is 49.3 Å². The number of nitrogens with one attached hydrogen (secondary N) is 1. The molecule has 1 aromatic heterocycles. The molecule has 0 amide bonds. The number of aromatic nitrogens is 2. The average molecular weight is 529 g/mol. The van der Waals surface area contributed by atoms with E-state index < -0.39 is 9.84 Å². The highest BCUT2D eigenvalue weighted by molar-refractivity contribution is 7.90. The number of benzene rings is 3. The molecule has 3 aromatic carbocycles. The normalized spacial score (nSPS) is 18.4. The number of rotatable bonds is 8. The van der Waals surface area contributed by atoms with Gasteiger partial charge in [-0.25, -0.2) is 8.42 Å². The highest BCUT2D eigenvalue weighted by Crippen LogP contribution is 2.37. The first-order valence-corrected chi connectivity index (χ1v) is 15.1. The molecule has 196 valence electrons. The molecule has 1 aliphatic heterocycles. The van der Waals surface area contributed by atoms with Crippen molar-refractivity contribution in [2.75, 3.05) is 24.7 Å². The van der Waals surface area contributed by atoms with Crippen LogP contribution in [0.4, 0.5) is 5.82 Å². The third-order valence-corrected chi connectivity index (χ3v) is 8.53. The standard InChI is InChI=1S/C30H32N4O3S/c1-38(35,36)24-15-16-27(28(18-24)37-20-21-8-3-2-4-9-21)29-25-11-5-6-12-26(25)30(33-32-29)31-22-10-7-17-34(19-22)23-13-14-23/h2-6,8-9,11-12,15-16,18,22-23H,7,10,13-14,17,19-20H2,1H3,(H,31,33)/t22-/m1/s1. The van der Waals surface area contributed by atoms with Crippen LogP contribution in [0.2, 0.25) is 0 Å². The van der Waals surface area contributed by atoms with E-state index in [9.17, 15) is 8.42 Å². The number of likely N-dealkylation sites (tertiary alicyclic amines) is 1. The molecule has 7 nitrogen and oxygen atoms in total. The smallest absolute Gasteiger partial charge is 0.175 e. The Morgan fingerprint density at radius 1 is 0.947 bits per heavy atom. The van der Waals surface area contributed by atoms with E-state index in [1.807, 2.05) is 48.5 Å². The molecule has 1 saturated carbocycles. The van der Waals surface area contributed by atoms with Gasteiger partial charge < -0.3 is 10.1 Å². The molecule has 0 bridgehead atoms. The Balaban J connectivity index is 1.36. The van der Waals surface area contributed by atoms with Crippen molar-refractivity contribution < 1.29 is 13.2 Å². The van der Waals surface area contributed by atoms with Crippen LogP contribution in [0.1, 0.15) is 31.2 Å². The number of sulfone groups is 1. The third kappa shape index (κ3) is 5.37. The van der Waals surface area contributed by atoms with E-state index in [1.54, 1.807) is 18.2 Å². The lowest BCUT2D eigenvalue weighted by molar-refractivity contribution is 0.207. The van der Waals surface area contributed by atoms with Gasteiger partial charge in [-0.2, -0.15) is 0 Å². The number of anilines is 1. The van der Waals surface area contributed by atoms with Crippen LogP contribution in [-0.4, -0.2) is 54.9 Å². The van der Waals surface area contributed by atoms with E-state index in [2.05, 4.69) is 26.5 Å². The monoisotopic (exact) mass is 528 g/mol. The van der Waals surface area contributed by atoms with Crippen LogP contribution in [0, 0.1) is 0 Å². The molecule has 2 heterocycles. The summed E-state index contributed by atoms with van der Waals surface area (Å²) in [5.41, 5.74) is 2.37. The topological polar surface area (TPSA) is 84.4 Å². The van der Waals surface area contributed by atoms with Gasteiger partial charge in [-0.15, -0.1) is 10.2 Å². The number of piperidine rings is 1. The summed E-state index contributed by atoms with van der Waals surface area (Å²) in [6.45, 7) is 2.53. The van der Waals surface area contributed by atoms with Crippen molar-refractivity contribution >= 4 is 26.4 Å². The Hall–Kier alpha value is -3.49. The lowest BCUT2D eigenvalue weighted by Crippen LogP contribution is -2.43. The summed E-state index contributed by atoms with van der Waals surface area (Å²) in [6.07, 6.45) is 6.14. The number of hydrogen-bond acceptors (Lipinski definition) is 7. The Bertz CT molecular complexity index is 1550. The zero-order chi connectivity index (χ0) is 26.1. The molecule has 1 atom stereocenters. The molecule has 8 heteroatoms. The lowest BCUT2D eigenvalue weighted by Gasteiger charge is -2.33. The van der Waals surface area contributed by atoms with Gasteiger partial charge in [-0.3, -0.25) is 4.90 Å². The van der Waals surface area contributed by atoms with Crippen molar-refractivity contribution in [3.63, 3.8) is 0 Å². The third-order valence-electron chi connectivity index (χ3n) is 7.42. The predicted molar refractivity (Wildman–Crippen MR) is 150 cm³/mol.